The van der Waals surface area contributed by atoms with Crippen LogP contribution in [0.4, 0.5) is 0 Å². The molecule has 1 aromatic heterocycles. The molecule has 4 unspecified atom stereocenters. The van der Waals surface area contributed by atoms with Gasteiger partial charge in [-0.05, 0) is 94.2 Å². The van der Waals surface area contributed by atoms with E-state index in [9.17, 15) is 34.8 Å². The lowest BCUT2D eigenvalue weighted by atomic mass is 9.57. The summed E-state index contributed by atoms with van der Waals surface area (Å²) in [5.41, 5.74) is 3.38. The van der Waals surface area contributed by atoms with E-state index in [-0.39, 0.29) is 29.7 Å². The van der Waals surface area contributed by atoms with Gasteiger partial charge in [0.2, 0.25) is 5.78 Å². The SMILES string of the molecule is CN(C)C1C(=O)C(C(N)=O)=C(O)C2(O)C(=O)C3=C(O)c4c(O)ccc(-c5ccc(CN6CCCC6)s5)c4CC3CC12. The number of aliphatic hydroxyl groups is 3. The van der Waals surface area contributed by atoms with Crippen molar-refractivity contribution in [2.45, 2.75) is 43.9 Å². The van der Waals surface area contributed by atoms with E-state index in [4.69, 9.17) is 5.73 Å². The first-order chi connectivity index (χ1) is 19.4. The van der Waals surface area contributed by atoms with Crippen molar-refractivity contribution in [3.05, 3.63) is 57.2 Å². The topological polar surface area (TPSA) is 165 Å². The standard InChI is InChI=1S/C30H33N3O7S/c1-32(2)24-18-12-14-11-17-16(20-8-5-15(41-20)13-33-9-3-4-10-33)6-7-19(34)22(17)25(35)21(14)27(37)30(18,40)28(38)23(26(24)36)29(31)39/h5-8,14,18,24,34-35,38,40H,3-4,9-13H2,1-2H3,(H2,31,39). The second-order valence-corrected chi connectivity index (χ2v) is 12.9. The molecule has 6 N–H and O–H groups in total. The van der Waals surface area contributed by atoms with E-state index < -0.39 is 58.0 Å². The average molecular weight is 580 g/mol. The summed E-state index contributed by atoms with van der Waals surface area (Å²) in [6, 6.07) is 6.28. The number of carbonyl (C=O) groups excluding carboxylic acids is 3. The molecule has 0 spiro atoms. The molecule has 2 aromatic rings. The fourth-order valence-electron chi connectivity index (χ4n) is 7.24. The lowest BCUT2D eigenvalue weighted by Gasteiger charge is -2.50. The molecule has 1 aromatic carbocycles. The maximum absolute atomic E-state index is 14.0. The minimum Gasteiger partial charge on any atom is -0.508 e. The van der Waals surface area contributed by atoms with Crippen LogP contribution in [0.5, 0.6) is 5.75 Å². The van der Waals surface area contributed by atoms with Crippen LogP contribution < -0.4 is 5.73 Å². The van der Waals surface area contributed by atoms with Gasteiger partial charge in [-0.25, -0.2) is 0 Å². The molecule has 216 valence electrons. The number of aliphatic hydroxyl groups excluding tert-OH is 2. The second-order valence-electron chi connectivity index (χ2n) is 11.7. The summed E-state index contributed by atoms with van der Waals surface area (Å²) in [4.78, 5) is 45.5. The van der Waals surface area contributed by atoms with E-state index in [0.29, 0.717) is 5.56 Å². The Bertz CT molecular complexity index is 1550. The normalized spacial score (nSPS) is 28.2. The van der Waals surface area contributed by atoms with Crippen LogP contribution in [0.15, 0.2) is 41.2 Å². The Morgan fingerprint density at radius 1 is 1.12 bits per heavy atom. The number of ketones is 2. The number of fused-ring (bicyclic) bond motifs is 3. The number of phenols is 1. The third kappa shape index (κ3) is 4.05. The van der Waals surface area contributed by atoms with Crippen LogP contribution in [-0.4, -0.2) is 86.5 Å². The van der Waals surface area contributed by atoms with Gasteiger partial charge in [-0.15, -0.1) is 11.3 Å². The van der Waals surface area contributed by atoms with E-state index in [1.54, 1.807) is 31.5 Å². The number of aromatic hydroxyl groups is 1. The summed E-state index contributed by atoms with van der Waals surface area (Å²) in [6.45, 7) is 3.02. The molecule has 11 heteroatoms. The number of primary amides is 1. The predicted octanol–water partition coefficient (Wildman–Crippen LogP) is 2.29. The van der Waals surface area contributed by atoms with Crippen LogP contribution in [0.1, 0.15) is 35.3 Å². The van der Waals surface area contributed by atoms with E-state index in [0.717, 1.165) is 30.1 Å². The molecule has 41 heavy (non-hydrogen) atoms. The van der Waals surface area contributed by atoms with Crippen LogP contribution in [0, 0.1) is 11.8 Å². The van der Waals surface area contributed by atoms with Crippen molar-refractivity contribution in [2.75, 3.05) is 27.2 Å². The molecule has 1 saturated carbocycles. The highest BCUT2D eigenvalue weighted by molar-refractivity contribution is 7.15. The number of thiophene rings is 1. The van der Waals surface area contributed by atoms with Crippen LogP contribution in [0.25, 0.3) is 16.2 Å². The van der Waals surface area contributed by atoms with Crippen LogP contribution in [0.3, 0.4) is 0 Å². The van der Waals surface area contributed by atoms with Crippen molar-refractivity contribution in [3.63, 3.8) is 0 Å². The van der Waals surface area contributed by atoms with Crippen molar-refractivity contribution in [2.24, 2.45) is 17.6 Å². The number of benzene rings is 1. The maximum atomic E-state index is 14.0. The number of hydrogen-bond acceptors (Lipinski definition) is 10. The molecular formula is C30H33N3O7S. The van der Waals surface area contributed by atoms with Crippen LogP contribution >= 0.6 is 11.3 Å². The van der Waals surface area contributed by atoms with Gasteiger partial charge in [-0.3, -0.25) is 24.2 Å². The number of nitrogens with zero attached hydrogens (tertiary/aromatic N) is 2. The van der Waals surface area contributed by atoms with Crippen LogP contribution in [0.2, 0.25) is 0 Å². The number of likely N-dealkylation sites (tertiary alicyclic amines) is 1. The molecule has 4 aliphatic rings. The minimum atomic E-state index is -2.64. The van der Waals surface area contributed by atoms with Gasteiger partial charge in [0.05, 0.1) is 11.6 Å². The average Bonchev–Trinajstić information content (AvgIpc) is 3.59. The molecule has 10 nitrogen and oxygen atoms in total. The molecule has 2 fully saturated rings. The summed E-state index contributed by atoms with van der Waals surface area (Å²) >= 11 is 1.65. The minimum absolute atomic E-state index is 0.0610. The summed E-state index contributed by atoms with van der Waals surface area (Å²) in [6.07, 6.45) is 2.72. The number of Topliss-reactive ketones (excluding diaryl/α,β-unsaturated/α-hetero) is 2. The number of amides is 1. The van der Waals surface area contributed by atoms with Gasteiger partial charge >= 0.3 is 0 Å². The van der Waals surface area contributed by atoms with Crippen molar-refractivity contribution >= 4 is 34.6 Å². The molecule has 4 atom stereocenters. The number of rotatable bonds is 5. The highest BCUT2D eigenvalue weighted by Gasteiger charge is 2.64. The van der Waals surface area contributed by atoms with Crippen molar-refractivity contribution in [3.8, 4) is 16.2 Å². The van der Waals surface area contributed by atoms with E-state index in [1.807, 2.05) is 6.07 Å². The Kier molecular flexibility index (Phi) is 6.61. The van der Waals surface area contributed by atoms with Crippen molar-refractivity contribution in [1.29, 1.82) is 0 Å². The number of likely N-dealkylation sites (N-methyl/N-ethyl adjacent to an activating group) is 1. The lowest BCUT2D eigenvalue weighted by molar-refractivity contribution is -0.153. The van der Waals surface area contributed by atoms with E-state index in [1.165, 1.54) is 28.7 Å². The van der Waals surface area contributed by atoms with Crippen molar-refractivity contribution < 1.29 is 34.8 Å². The first kappa shape index (κ1) is 27.6. The summed E-state index contributed by atoms with van der Waals surface area (Å²) in [7, 11) is 3.17. The van der Waals surface area contributed by atoms with Gasteiger partial charge in [0.1, 0.15) is 22.8 Å². The maximum Gasteiger partial charge on any atom is 0.255 e. The van der Waals surface area contributed by atoms with E-state index in [2.05, 4.69) is 11.0 Å². The number of carbonyl (C=O) groups is 3. The monoisotopic (exact) mass is 579 g/mol. The molecule has 0 bridgehead atoms. The molecule has 1 saturated heterocycles. The van der Waals surface area contributed by atoms with Gasteiger partial charge < -0.3 is 26.2 Å². The van der Waals surface area contributed by atoms with Gasteiger partial charge in [0.15, 0.2) is 11.4 Å². The Morgan fingerprint density at radius 2 is 1.83 bits per heavy atom. The molecule has 0 radical (unpaired) electrons. The Balaban J connectivity index is 1.46. The molecule has 6 rings (SSSR count). The Hall–Kier alpha value is -3.51. The highest BCUT2D eigenvalue weighted by Crippen LogP contribution is 2.54. The first-order valence-corrected chi connectivity index (χ1v) is 14.6. The largest absolute Gasteiger partial charge is 0.508 e. The Labute approximate surface area is 241 Å². The Morgan fingerprint density at radius 3 is 2.49 bits per heavy atom. The molecule has 2 heterocycles. The lowest BCUT2D eigenvalue weighted by Crippen LogP contribution is -2.65. The number of phenolic OH excluding ortho intramolecular Hbond substituents is 1. The number of hydrogen-bond donors (Lipinski definition) is 5. The van der Waals surface area contributed by atoms with Crippen LogP contribution in [-0.2, 0) is 27.3 Å². The second kappa shape index (κ2) is 9.80. The zero-order chi connectivity index (χ0) is 29.4. The summed E-state index contributed by atoms with van der Waals surface area (Å²) in [5.74, 6) is -6.52. The zero-order valence-corrected chi connectivity index (χ0v) is 23.7. The summed E-state index contributed by atoms with van der Waals surface area (Å²) < 4.78 is 0. The van der Waals surface area contributed by atoms with Gasteiger partial charge in [-0.1, -0.05) is 0 Å². The fourth-order valence-corrected chi connectivity index (χ4v) is 8.35. The first-order valence-electron chi connectivity index (χ1n) is 13.8. The molecule has 3 aliphatic carbocycles. The smallest absolute Gasteiger partial charge is 0.255 e. The van der Waals surface area contributed by atoms with E-state index >= 15 is 0 Å². The predicted molar refractivity (Wildman–Crippen MR) is 152 cm³/mol. The third-order valence-electron chi connectivity index (χ3n) is 9.11. The molecule has 1 aliphatic heterocycles. The zero-order valence-electron chi connectivity index (χ0n) is 22.9. The van der Waals surface area contributed by atoms with Gasteiger partial charge in [0, 0.05) is 27.8 Å². The molecular weight excluding hydrogens is 546 g/mol. The summed E-state index contributed by atoms with van der Waals surface area (Å²) in [5, 5.41) is 45.1. The van der Waals surface area contributed by atoms with Gasteiger partial charge in [-0.2, -0.15) is 0 Å². The quantitative estimate of drug-likeness (QED) is 0.334. The number of nitrogens with two attached hydrogens (primary N) is 1. The highest BCUT2D eigenvalue weighted by atomic mass is 32.1. The third-order valence-corrected chi connectivity index (χ3v) is 10.2. The van der Waals surface area contributed by atoms with Gasteiger partial charge in [0.25, 0.3) is 5.91 Å². The fraction of sp³-hybridized carbons (Fsp3) is 0.433. The molecule has 1 amide bonds. The van der Waals surface area contributed by atoms with Crippen molar-refractivity contribution in [1.82, 2.24) is 9.80 Å².